The van der Waals surface area contributed by atoms with E-state index in [0.29, 0.717) is 36.1 Å². The van der Waals surface area contributed by atoms with Gasteiger partial charge in [-0.1, -0.05) is 6.07 Å². The maximum atomic E-state index is 12.5. The normalized spacial score (nSPS) is 14.3. The van der Waals surface area contributed by atoms with Crippen LogP contribution in [0.5, 0.6) is 0 Å². The van der Waals surface area contributed by atoms with E-state index in [9.17, 15) is 18.0 Å². The third kappa shape index (κ3) is 3.11. The van der Waals surface area contributed by atoms with Crippen molar-refractivity contribution in [2.24, 2.45) is 0 Å². The standard InChI is InChI=1S/C18H19NO5S/c1-10-7-8-13(9-11(10)2)25(22,23)19-18(21)17-12(3)16-14(20)5-4-6-15(16)24-17/h7-9H,4-6H2,1-3H3,(H,19,21). The number of rotatable bonds is 3. The minimum Gasteiger partial charge on any atom is -0.455 e. The molecule has 25 heavy (non-hydrogen) atoms. The molecule has 1 aliphatic carbocycles. The minimum atomic E-state index is -4.02. The second kappa shape index (κ2) is 6.15. The molecule has 0 unspecified atom stereocenters. The first-order chi connectivity index (χ1) is 11.7. The highest BCUT2D eigenvalue weighted by Crippen LogP contribution is 2.29. The number of amides is 1. The highest BCUT2D eigenvalue weighted by molar-refractivity contribution is 7.90. The Morgan fingerprint density at radius 2 is 1.84 bits per heavy atom. The van der Waals surface area contributed by atoms with Gasteiger partial charge in [-0.3, -0.25) is 9.59 Å². The second-order valence-corrected chi connectivity index (χ2v) is 7.99. The summed E-state index contributed by atoms with van der Waals surface area (Å²) >= 11 is 0. The summed E-state index contributed by atoms with van der Waals surface area (Å²) in [5.74, 6) is -0.591. The van der Waals surface area contributed by atoms with Crippen LogP contribution >= 0.6 is 0 Å². The summed E-state index contributed by atoms with van der Waals surface area (Å²) in [5.41, 5.74) is 2.58. The van der Waals surface area contributed by atoms with Crippen molar-refractivity contribution in [1.82, 2.24) is 4.72 Å². The number of sulfonamides is 1. The van der Waals surface area contributed by atoms with Crippen LogP contribution in [0.3, 0.4) is 0 Å². The number of nitrogens with one attached hydrogen (secondary N) is 1. The highest BCUT2D eigenvalue weighted by Gasteiger charge is 2.30. The van der Waals surface area contributed by atoms with Crippen LogP contribution in [-0.2, 0) is 16.4 Å². The zero-order chi connectivity index (χ0) is 18.4. The monoisotopic (exact) mass is 361 g/mol. The average Bonchev–Trinajstić information content (AvgIpc) is 2.88. The molecule has 0 saturated heterocycles. The fourth-order valence-corrected chi connectivity index (χ4v) is 4.01. The number of hydrogen-bond acceptors (Lipinski definition) is 5. The van der Waals surface area contributed by atoms with Crippen LogP contribution in [0.4, 0.5) is 0 Å². The fraction of sp³-hybridized carbons (Fsp3) is 0.333. The van der Waals surface area contributed by atoms with Crippen molar-refractivity contribution in [3.63, 3.8) is 0 Å². The summed E-state index contributed by atoms with van der Waals surface area (Å²) in [6.07, 6.45) is 1.65. The summed E-state index contributed by atoms with van der Waals surface area (Å²) in [4.78, 5) is 24.5. The molecule has 3 rings (SSSR count). The van der Waals surface area contributed by atoms with E-state index >= 15 is 0 Å². The van der Waals surface area contributed by atoms with E-state index < -0.39 is 15.9 Å². The number of carbonyl (C=O) groups excluding carboxylic acids is 2. The van der Waals surface area contributed by atoms with E-state index in [0.717, 1.165) is 11.1 Å². The van der Waals surface area contributed by atoms with Gasteiger partial charge in [-0.25, -0.2) is 13.1 Å². The van der Waals surface area contributed by atoms with Gasteiger partial charge in [0.15, 0.2) is 11.5 Å². The molecule has 1 aliphatic rings. The van der Waals surface area contributed by atoms with Crippen molar-refractivity contribution in [3.8, 4) is 0 Å². The smallest absolute Gasteiger partial charge is 0.300 e. The van der Waals surface area contributed by atoms with E-state index in [1.165, 1.54) is 12.1 Å². The molecule has 0 radical (unpaired) electrons. The molecule has 0 atom stereocenters. The third-order valence-electron chi connectivity index (χ3n) is 4.53. The number of Topliss-reactive ketones (excluding diaryl/α,β-unsaturated/α-hetero) is 1. The van der Waals surface area contributed by atoms with Crippen LogP contribution in [-0.4, -0.2) is 20.1 Å². The van der Waals surface area contributed by atoms with Crippen molar-refractivity contribution < 1.29 is 22.4 Å². The molecule has 1 amide bonds. The lowest BCUT2D eigenvalue weighted by molar-refractivity contribution is 0.0944. The van der Waals surface area contributed by atoms with E-state index in [1.807, 2.05) is 11.6 Å². The molecule has 1 aromatic carbocycles. The Labute approximate surface area is 146 Å². The fourth-order valence-electron chi connectivity index (χ4n) is 2.97. The summed E-state index contributed by atoms with van der Waals surface area (Å²) in [6.45, 7) is 5.27. The first-order valence-corrected chi connectivity index (χ1v) is 9.49. The van der Waals surface area contributed by atoms with Gasteiger partial charge in [0.2, 0.25) is 0 Å². The van der Waals surface area contributed by atoms with Gasteiger partial charge in [0, 0.05) is 18.4 Å². The van der Waals surface area contributed by atoms with Crippen LogP contribution in [0.15, 0.2) is 27.5 Å². The number of aryl methyl sites for hydroxylation is 3. The lowest BCUT2D eigenvalue weighted by Crippen LogP contribution is -2.30. The Balaban J connectivity index is 1.92. The SMILES string of the molecule is Cc1ccc(S(=O)(=O)NC(=O)c2oc3c(c2C)C(=O)CCC3)cc1C. The van der Waals surface area contributed by atoms with Gasteiger partial charge in [-0.15, -0.1) is 0 Å². The van der Waals surface area contributed by atoms with Crippen LogP contribution < -0.4 is 4.72 Å². The zero-order valence-corrected chi connectivity index (χ0v) is 15.1. The summed E-state index contributed by atoms with van der Waals surface area (Å²) in [5, 5.41) is 0. The Morgan fingerprint density at radius 3 is 2.48 bits per heavy atom. The lowest BCUT2D eigenvalue weighted by Gasteiger charge is -2.08. The van der Waals surface area contributed by atoms with Crippen molar-refractivity contribution >= 4 is 21.7 Å². The molecule has 0 saturated carbocycles. The van der Waals surface area contributed by atoms with Crippen molar-refractivity contribution in [2.45, 2.75) is 44.9 Å². The Hall–Kier alpha value is -2.41. The number of fused-ring (bicyclic) bond motifs is 1. The Bertz CT molecular complexity index is 985. The van der Waals surface area contributed by atoms with Crippen LogP contribution in [0, 0.1) is 20.8 Å². The maximum Gasteiger partial charge on any atom is 0.300 e. The number of hydrogen-bond donors (Lipinski definition) is 1. The van der Waals surface area contributed by atoms with E-state index in [1.54, 1.807) is 19.9 Å². The van der Waals surface area contributed by atoms with Crippen LogP contribution in [0.25, 0.3) is 0 Å². The first kappa shape index (κ1) is 17.4. The predicted octanol–water partition coefficient (Wildman–Crippen LogP) is 2.84. The topological polar surface area (TPSA) is 93.4 Å². The lowest BCUT2D eigenvalue weighted by atomic mass is 9.94. The van der Waals surface area contributed by atoms with Gasteiger partial charge in [-0.05, 0) is 50.5 Å². The van der Waals surface area contributed by atoms with Gasteiger partial charge in [0.1, 0.15) is 5.76 Å². The molecular weight excluding hydrogens is 342 g/mol. The third-order valence-corrected chi connectivity index (χ3v) is 5.86. The molecule has 0 bridgehead atoms. The highest BCUT2D eigenvalue weighted by atomic mass is 32.2. The van der Waals surface area contributed by atoms with E-state index in [2.05, 4.69) is 0 Å². The average molecular weight is 361 g/mol. The molecule has 132 valence electrons. The van der Waals surface area contributed by atoms with Crippen molar-refractivity contribution in [1.29, 1.82) is 0 Å². The molecule has 7 heteroatoms. The minimum absolute atomic E-state index is 0.00833. The quantitative estimate of drug-likeness (QED) is 0.907. The molecule has 1 aromatic heterocycles. The summed E-state index contributed by atoms with van der Waals surface area (Å²) in [6, 6.07) is 4.64. The maximum absolute atomic E-state index is 12.5. The van der Waals surface area contributed by atoms with Gasteiger partial charge in [-0.2, -0.15) is 0 Å². The van der Waals surface area contributed by atoms with Crippen LogP contribution in [0.1, 0.15) is 56.2 Å². The molecule has 2 aromatic rings. The molecule has 0 fully saturated rings. The Morgan fingerprint density at radius 1 is 1.12 bits per heavy atom. The van der Waals surface area contributed by atoms with Crippen molar-refractivity contribution in [3.05, 3.63) is 52.0 Å². The van der Waals surface area contributed by atoms with Gasteiger partial charge in [0.25, 0.3) is 10.0 Å². The number of furan rings is 1. The van der Waals surface area contributed by atoms with E-state index in [4.69, 9.17) is 4.42 Å². The summed E-state index contributed by atoms with van der Waals surface area (Å²) in [7, 11) is -4.02. The summed E-state index contributed by atoms with van der Waals surface area (Å²) < 4.78 is 32.4. The zero-order valence-electron chi connectivity index (χ0n) is 14.3. The number of carbonyl (C=O) groups is 2. The van der Waals surface area contributed by atoms with Crippen LogP contribution in [0.2, 0.25) is 0 Å². The Kier molecular flexibility index (Phi) is 4.28. The number of benzene rings is 1. The largest absolute Gasteiger partial charge is 0.455 e. The predicted molar refractivity (Wildman–Crippen MR) is 91.3 cm³/mol. The second-order valence-electron chi connectivity index (χ2n) is 6.31. The van der Waals surface area contributed by atoms with Gasteiger partial charge in [0.05, 0.1) is 10.5 Å². The molecule has 1 N–H and O–H groups in total. The molecule has 6 nitrogen and oxygen atoms in total. The van der Waals surface area contributed by atoms with Gasteiger partial charge < -0.3 is 4.42 Å². The van der Waals surface area contributed by atoms with Gasteiger partial charge >= 0.3 is 5.91 Å². The molecular formula is C18H19NO5S. The van der Waals surface area contributed by atoms with Crippen molar-refractivity contribution in [2.75, 3.05) is 0 Å². The first-order valence-electron chi connectivity index (χ1n) is 8.00. The molecule has 1 heterocycles. The molecule has 0 spiro atoms. The van der Waals surface area contributed by atoms with E-state index in [-0.39, 0.29) is 16.4 Å². The molecule has 0 aliphatic heterocycles. The number of ketones is 1.